The lowest BCUT2D eigenvalue weighted by atomic mass is 10.2. The van der Waals surface area contributed by atoms with Gasteiger partial charge in [-0.1, -0.05) is 11.6 Å². The topological polar surface area (TPSA) is 75.4 Å². The number of hydrogen-bond donors (Lipinski definition) is 1. The van der Waals surface area contributed by atoms with Crippen molar-refractivity contribution >= 4 is 23.5 Å². The maximum Gasteiger partial charge on any atom is 0.421 e. The van der Waals surface area contributed by atoms with Crippen LogP contribution in [0.3, 0.4) is 0 Å². The number of carbonyl (C=O) groups excluding carboxylic acids is 1. The van der Waals surface area contributed by atoms with Crippen molar-refractivity contribution in [3.05, 3.63) is 16.4 Å². The Morgan fingerprint density at radius 1 is 1.32 bits per heavy atom. The summed E-state index contributed by atoms with van der Waals surface area (Å²) in [5.41, 5.74) is -2.00. The van der Waals surface area contributed by atoms with E-state index in [4.69, 9.17) is 16.7 Å². The number of likely N-dealkylation sites (tertiary alicyclic amines) is 1. The number of hydrogen-bond acceptors (Lipinski definition) is 3. The number of amides is 1. The Balaban J connectivity index is 1.84. The van der Waals surface area contributed by atoms with Crippen LogP contribution >= 0.6 is 11.6 Å². The van der Waals surface area contributed by atoms with Gasteiger partial charge in [0.15, 0.2) is 5.69 Å². The first-order chi connectivity index (χ1) is 10.1. The fourth-order valence-electron chi connectivity index (χ4n) is 3.11. The van der Waals surface area contributed by atoms with Crippen molar-refractivity contribution < 1.29 is 27.9 Å². The number of aromatic nitrogens is 2. The van der Waals surface area contributed by atoms with Crippen LogP contribution in [0.2, 0.25) is 5.15 Å². The van der Waals surface area contributed by atoms with Crippen molar-refractivity contribution in [1.82, 2.24) is 14.7 Å². The van der Waals surface area contributed by atoms with Crippen LogP contribution in [-0.2, 0) is 18.0 Å². The van der Waals surface area contributed by atoms with Gasteiger partial charge in [-0.25, -0.2) is 0 Å². The number of nitrogens with zero attached hydrogens (tertiary/aromatic N) is 3. The summed E-state index contributed by atoms with van der Waals surface area (Å²) in [5, 5.41) is 11.8. The molecule has 0 spiro atoms. The van der Waals surface area contributed by atoms with E-state index in [1.165, 1.54) is 11.9 Å². The molecule has 1 aromatic heterocycles. The van der Waals surface area contributed by atoms with E-state index in [1.807, 2.05) is 0 Å². The number of aliphatic carboxylic acids is 1. The van der Waals surface area contributed by atoms with Crippen molar-refractivity contribution in [3.63, 3.8) is 0 Å². The van der Waals surface area contributed by atoms with Gasteiger partial charge in [0.25, 0.3) is 5.91 Å². The van der Waals surface area contributed by atoms with Gasteiger partial charge in [-0.15, -0.1) is 0 Å². The number of aryl methyl sites for hydroxylation is 1. The van der Waals surface area contributed by atoms with Crippen LogP contribution in [0, 0.1) is 17.8 Å². The van der Waals surface area contributed by atoms with Crippen LogP contribution < -0.4 is 0 Å². The third-order valence-electron chi connectivity index (χ3n) is 4.23. The summed E-state index contributed by atoms with van der Waals surface area (Å²) < 4.78 is 39.9. The van der Waals surface area contributed by atoms with Crippen LogP contribution in [0.4, 0.5) is 13.2 Å². The zero-order valence-electron chi connectivity index (χ0n) is 11.3. The standard InChI is InChI=1S/C12H11ClF3N3O3/c1-18-9(13)7(12(14,15)16)8(17-18)10(20)19-2-4-5(3-19)6(4)11(21)22/h4-6H,2-3H2,1H3,(H,21,22)/t4-,5+,6?. The molecule has 3 atom stereocenters. The van der Waals surface area contributed by atoms with E-state index in [0.29, 0.717) is 0 Å². The molecule has 1 N–H and O–H groups in total. The molecule has 2 aliphatic rings. The number of halogens is 4. The van der Waals surface area contributed by atoms with E-state index in [0.717, 1.165) is 4.68 Å². The lowest BCUT2D eigenvalue weighted by Crippen LogP contribution is -2.34. The van der Waals surface area contributed by atoms with Gasteiger partial charge in [0, 0.05) is 20.1 Å². The summed E-state index contributed by atoms with van der Waals surface area (Å²) in [6.07, 6.45) is -4.79. The molecule has 10 heteroatoms. The Morgan fingerprint density at radius 3 is 2.32 bits per heavy atom. The van der Waals surface area contributed by atoms with Gasteiger partial charge in [-0.05, 0) is 11.8 Å². The molecular weight excluding hydrogens is 327 g/mol. The summed E-state index contributed by atoms with van der Waals surface area (Å²) in [6, 6.07) is 0. The molecule has 0 aromatic carbocycles. The fraction of sp³-hybridized carbons (Fsp3) is 0.583. The number of carboxylic acids is 1. The Hall–Kier alpha value is -1.77. The number of rotatable bonds is 2. The zero-order valence-corrected chi connectivity index (χ0v) is 12.0. The average molecular weight is 338 g/mol. The second-order valence-electron chi connectivity index (χ2n) is 5.54. The van der Waals surface area contributed by atoms with Crippen LogP contribution in [0.5, 0.6) is 0 Å². The Kier molecular flexibility index (Phi) is 3.17. The molecular formula is C12H11ClF3N3O3. The van der Waals surface area contributed by atoms with E-state index in [9.17, 15) is 22.8 Å². The van der Waals surface area contributed by atoms with E-state index in [-0.39, 0.29) is 24.9 Å². The largest absolute Gasteiger partial charge is 0.481 e. The third kappa shape index (κ3) is 2.15. The summed E-state index contributed by atoms with van der Waals surface area (Å²) in [6.45, 7) is 0.262. The second-order valence-corrected chi connectivity index (χ2v) is 5.90. The average Bonchev–Trinajstić information content (AvgIpc) is 2.74. The van der Waals surface area contributed by atoms with Gasteiger partial charge < -0.3 is 10.0 Å². The molecule has 3 rings (SSSR count). The predicted octanol–water partition coefficient (Wildman–Crippen LogP) is 1.49. The molecule has 6 nitrogen and oxygen atoms in total. The summed E-state index contributed by atoms with van der Waals surface area (Å²) >= 11 is 5.58. The quantitative estimate of drug-likeness (QED) is 0.887. The molecule has 1 saturated heterocycles. The second kappa shape index (κ2) is 4.61. The Morgan fingerprint density at radius 2 is 1.86 bits per heavy atom. The molecule has 2 fully saturated rings. The van der Waals surface area contributed by atoms with Crippen LogP contribution in [0.25, 0.3) is 0 Å². The maximum atomic E-state index is 13.0. The maximum absolute atomic E-state index is 13.0. The smallest absolute Gasteiger partial charge is 0.421 e. The van der Waals surface area contributed by atoms with Gasteiger partial charge in [-0.2, -0.15) is 18.3 Å². The number of carboxylic acid groups (broad SMARTS) is 1. The molecule has 22 heavy (non-hydrogen) atoms. The molecule has 1 aliphatic carbocycles. The predicted molar refractivity (Wildman–Crippen MR) is 67.2 cm³/mol. The van der Waals surface area contributed by atoms with Gasteiger partial charge in [-0.3, -0.25) is 14.3 Å². The number of alkyl halides is 3. The van der Waals surface area contributed by atoms with Crippen molar-refractivity contribution in [2.75, 3.05) is 13.1 Å². The van der Waals surface area contributed by atoms with E-state index in [1.54, 1.807) is 0 Å². The minimum absolute atomic E-state index is 0.131. The first-order valence-electron chi connectivity index (χ1n) is 6.44. The molecule has 1 aromatic rings. The van der Waals surface area contributed by atoms with Crippen LogP contribution in [0.1, 0.15) is 16.1 Å². The van der Waals surface area contributed by atoms with Gasteiger partial charge in [0.1, 0.15) is 10.7 Å². The lowest BCUT2D eigenvalue weighted by Gasteiger charge is -2.19. The first-order valence-corrected chi connectivity index (χ1v) is 6.82. The molecule has 1 amide bonds. The third-order valence-corrected chi connectivity index (χ3v) is 4.66. The monoisotopic (exact) mass is 337 g/mol. The SMILES string of the molecule is Cn1nc(C(=O)N2C[C@@H]3C(C(=O)O)[C@@H]3C2)c(C(F)(F)F)c1Cl. The molecule has 1 unspecified atom stereocenters. The molecule has 1 aliphatic heterocycles. The minimum atomic E-state index is -4.79. The summed E-state index contributed by atoms with van der Waals surface area (Å²) in [5.74, 6) is -2.67. The van der Waals surface area contributed by atoms with Gasteiger partial charge in [0.05, 0.1) is 5.92 Å². The highest BCUT2D eigenvalue weighted by Crippen LogP contribution is 2.52. The van der Waals surface area contributed by atoms with Crippen molar-refractivity contribution in [2.45, 2.75) is 6.18 Å². The van der Waals surface area contributed by atoms with Crippen LogP contribution in [0.15, 0.2) is 0 Å². The molecule has 0 radical (unpaired) electrons. The Bertz CT molecular complexity index is 661. The Labute approximate surface area is 127 Å². The van der Waals surface area contributed by atoms with E-state index < -0.39 is 40.4 Å². The van der Waals surface area contributed by atoms with Crippen molar-refractivity contribution in [3.8, 4) is 0 Å². The van der Waals surface area contributed by atoms with Gasteiger partial charge >= 0.3 is 12.1 Å². The van der Waals surface area contributed by atoms with E-state index in [2.05, 4.69) is 5.10 Å². The van der Waals surface area contributed by atoms with Crippen LogP contribution in [-0.4, -0.2) is 44.8 Å². The molecule has 120 valence electrons. The fourth-order valence-corrected chi connectivity index (χ4v) is 3.35. The lowest BCUT2D eigenvalue weighted by molar-refractivity contribution is -0.139. The number of piperidine rings is 1. The highest BCUT2D eigenvalue weighted by atomic mass is 35.5. The molecule has 0 bridgehead atoms. The van der Waals surface area contributed by atoms with Crippen molar-refractivity contribution in [2.24, 2.45) is 24.8 Å². The number of carbonyl (C=O) groups is 2. The summed E-state index contributed by atoms with van der Waals surface area (Å²) in [7, 11) is 1.22. The van der Waals surface area contributed by atoms with Gasteiger partial charge in [0.2, 0.25) is 0 Å². The molecule has 1 saturated carbocycles. The summed E-state index contributed by atoms with van der Waals surface area (Å²) in [4.78, 5) is 24.3. The van der Waals surface area contributed by atoms with Crippen molar-refractivity contribution in [1.29, 1.82) is 0 Å². The zero-order chi connectivity index (χ0) is 16.4. The normalized spacial score (nSPS) is 27.0. The number of fused-ring (bicyclic) bond motifs is 1. The highest BCUT2D eigenvalue weighted by Gasteiger charge is 2.61. The molecule has 2 heterocycles. The first kappa shape index (κ1) is 15.1. The highest BCUT2D eigenvalue weighted by molar-refractivity contribution is 6.31. The van der Waals surface area contributed by atoms with E-state index >= 15 is 0 Å². The minimum Gasteiger partial charge on any atom is -0.481 e.